The molecule has 0 radical (unpaired) electrons. The van der Waals surface area contributed by atoms with Crippen molar-refractivity contribution in [2.24, 2.45) is 72.9 Å². The molecule has 0 amide bonds. The maximum absolute atomic E-state index is 12.8. The van der Waals surface area contributed by atoms with Gasteiger partial charge >= 0.3 is 35.8 Å². The normalized spacial score (nSPS) is 22.7. The molecule has 0 aliphatic heterocycles. The van der Waals surface area contributed by atoms with Crippen LogP contribution in [0.1, 0.15) is 500 Å². The maximum Gasteiger partial charge on any atom is 0.312 e. The molecule has 0 aromatic carbocycles. The minimum absolute atomic E-state index is 0.0219. The summed E-state index contributed by atoms with van der Waals surface area (Å²) in [5, 5.41) is 0. The molecule has 3 atom stereocenters. The van der Waals surface area contributed by atoms with Gasteiger partial charge in [-0.25, -0.2) is 0 Å². The Morgan fingerprint density at radius 2 is 0.500 bits per heavy atom. The van der Waals surface area contributed by atoms with Crippen LogP contribution in [0.15, 0.2) is 0 Å². The summed E-state index contributed by atoms with van der Waals surface area (Å²) in [4.78, 5) is 73.3. The third kappa shape index (κ3) is 32.9. The molecular formula is C100H192O12. The molecule has 8 aliphatic rings. The van der Waals surface area contributed by atoms with Crippen LogP contribution in [0.2, 0.25) is 0 Å². The van der Waals surface area contributed by atoms with E-state index in [4.69, 9.17) is 28.4 Å². The lowest BCUT2D eigenvalue weighted by molar-refractivity contribution is -0.187. The van der Waals surface area contributed by atoms with E-state index in [0.29, 0.717) is 29.6 Å². The highest BCUT2D eigenvalue weighted by Crippen LogP contribution is 2.71. The van der Waals surface area contributed by atoms with Gasteiger partial charge in [-0.3, -0.25) is 28.8 Å². The van der Waals surface area contributed by atoms with Gasteiger partial charge in [0.15, 0.2) is 0 Å². The van der Waals surface area contributed by atoms with Crippen LogP contribution in [0.25, 0.3) is 0 Å². The van der Waals surface area contributed by atoms with Gasteiger partial charge in [0.05, 0.1) is 32.5 Å². The molecule has 8 saturated carbocycles. The van der Waals surface area contributed by atoms with Crippen LogP contribution in [0.4, 0.5) is 0 Å². The van der Waals surface area contributed by atoms with E-state index in [9.17, 15) is 28.8 Å². The van der Waals surface area contributed by atoms with E-state index < -0.39 is 0 Å². The number of carbonyl (C=O) groups excluding carboxylic acids is 6. The number of fused-ring (bicyclic) bond motifs is 2. The first-order chi connectivity index (χ1) is 51.8. The number of hydrogen-bond donors (Lipinski definition) is 0. The van der Waals surface area contributed by atoms with Crippen LogP contribution in [0.5, 0.6) is 0 Å². The van der Waals surface area contributed by atoms with Gasteiger partial charge in [0.25, 0.3) is 0 Å². The fourth-order valence-electron chi connectivity index (χ4n) is 17.0. The van der Waals surface area contributed by atoms with Gasteiger partial charge in [-0.2, -0.15) is 0 Å². The lowest BCUT2D eigenvalue weighted by Gasteiger charge is -2.47. The average Bonchev–Trinajstić information content (AvgIpc) is 1.53. The van der Waals surface area contributed by atoms with Gasteiger partial charge < -0.3 is 28.4 Å². The van der Waals surface area contributed by atoms with Gasteiger partial charge in [-0.15, -0.1) is 0 Å². The number of hydrogen-bond acceptors (Lipinski definition) is 12. The molecule has 8 rings (SSSR count). The summed E-state index contributed by atoms with van der Waals surface area (Å²) in [6.07, 6.45) is 44.1. The van der Waals surface area contributed by atoms with Gasteiger partial charge in [-0.05, 0) is 334 Å². The van der Waals surface area contributed by atoms with Crippen molar-refractivity contribution < 1.29 is 57.2 Å². The quantitative estimate of drug-likeness (QED) is 0.0575. The Morgan fingerprint density at radius 1 is 0.277 bits per heavy atom. The highest BCUT2D eigenvalue weighted by atomic mass is 16.6. The van der Waals surface area contributed by atoms with E-state index in [2.05, 4.69) is 90.0 Å². The lowest BCUT2D eigenvalue weighted by atomic mass is 9.65. The largest absolute Gasteiger partial charge is 0.459 e. The SMILES string of the molecule is CC.CC.CC.CC.CCC(C)(C)C(=O)OC(C)(C)C1CCCC1.CCC(C)(C)C(=O)OC(C)(C)C1CCCCC1.CCC(C)(C)C(=O)OC(C)(C1CCCCC1)C1CCCCC1.CCC(C)(C)C(=O)OC1(C)CC2CCC1(C)C2(C)C.CCC(C)(C)C(=O)OC1(C)CCCC1.CCC(C)(C)C(=O)OC1(C)CCCCCC1. The Labute approximate surface area is 696 Å². The fraction of sp³-hybridized carbons (Fsp3) is 0.940. The minimum atomic E-state index is -0.370. The number of ether oxygens (including phenoxy) is 6. The molecule has 0 spiro atoms. The maximum atomic E-state index is 12.8. The first-order valence-corrected chi connectivity index (χ1v) is 47.2. The molecule has 3 unspecified atom stereocenters. The average molecular weight is 1590 g/mol. The van der Waals surface area contributed by atoms with Crippen LogP contribution in [0.3, 0.4) is 0 Å². The van der Waals surface area contributed by atoms with Gasteiger partial charge in [-0.1, -0.05) is 201 Å². The summed E-state index contributed by atoms with van der Waals surface area (Å²) in [6, 6.07) is 0. The first-order valence-electron chi connectivity index (χ1n) is 47.2. The van der Waals surface area contributed by atoms with Crippen molar-refractivity contribution in [3.05, 3.63) is 0 Å². The summed E-state index contributed by atoms with van der Waals surface area (Å²) in [7, 11) is 0. The molecule has 0 aromatic rings. The third-order valence-electron chi connectivity index (χ3n) is 29.5. The first kappa shape index (κ1) is 111. The molecule has 12 nitrogen and oxygen atoms in total. The Kier molecular flexibility index (Phi) is 48.9. The summed E-state index contributed by atoms with van der Waals surface area (Å²) in [6.45, 7) is 75.9. The molecule has 664 valence electrons. The van der Waals surface area contributed by atoms with Gasteiger partial charge in [0.1, 0.15) is 33.6 Å². The van der Waals surface area contributed by atoms with Crippen LogP contribution >= 0.6 is 0 Å². The Balaban J connectivity index is 0. The zero-order valence-electron chi connectivity index (χ0n) is 81.7. The molecule has 8 fully saturated rings. The van der Waals surface area contributed by atoms with Gasteiger partial charge in [0.2, 0.25) is 0 Å². The van der Waals surface area contributed by atoms with Gasteiger partial charge in [0, 0.05) is 5.41 Å². The molecule has 0 aromatic heterocycles. The number of carbonyl (C=O) groups is 6. The highest BCUT2D eigenvalue weighted by molar-refractivity contribution is 5.78. The summed E-state index contributed by atoms with van der Waals surface area (Å²) in [5.41, 5.74) is -3.21. The summed E-state index contributed by atoms with van der Waals surface area (Å²) < 4.78 is 35.3. The number of esters is 6. The standard InChI is InChI=1S/C20H36O2.C17H30O2.C15H28O2.2C14H26O2.C12H22O2.4C2H6/c1-5-19(2,3)18(21)22-20(4,16-12-8-6-9-13-16)17-14-10-7-11-15-17;1-8-14(2,3)13(18)19-17(7)11-12-9-10-16(17,6)15(12,4)5;1-6-14(2,3)13(16)17-15(4,5)12-10-8-7-9-11-12;1-6-13(2,3)12(15)16-14(4,5)11-9-7-8-10-11;1-5-13(2,3)12(15)16-14(4)10-8-6-7-9-11-14;1-5-11(2,3)10(13)14-12(4)8-6-7-9-12;4*1-2/h16-17H,5-15H2,1-4H3;12H,8-11H2,1-7H3;12H,6-11H2,1-5H3;11H,6-10H2,1-5H3;5-11H2,1-4H3;5-9H2,1-4H3;4*1-2H3. The second-order valence-corrected chi connectivity index (χ2v) is 40.9. The van der Waals surface area contributed by atoms with Crippen molar-refractivity contribution >= 4 is 35.8 Å². The van der Waals surface area contributed by atoms with E-state index in [0.717, 1.165) is 70.6 Å². The zero-order chi connectivity index (χ0) is 87.5. The predicted octanol–water partition coefficient (Wildman–Crippen LogP) is 30.2. The highest BCUT2D eigenvalue weighted by Gasteiger charge is 2.69. The Bertz CT molecular complexity index is 2580. The van der Waals surface area contributed by atoms with Crippen LogP contribution in [-0.2, 0) is 57.2 Å². The van der Waals surface area contributed by atoms with E-state index in [-0.39, 0.29) is 113 Å². The van der Waals surface area contributed by atoms with Crippen LogP contribution in [0, 0.1) is 72.9 Å². The summed E-state index contributed by atoms with van der Waals surface area (Å²) in [5.74, 6) is 2.75. The van der Waals surface area contributed by atoms with Crippen molar-refractivity contribution in [1.29, 1.82) is 0 Å². The van der Waals surface area contributed by atoms with Crippen molar-refractivity contribution in [2.75, 3.05) is 0 Å². The fourth-order valence-corrected chi connectivity index (χ4v) is 17.0. The second kappa shape index (κ2) is 49.4. The van der Waals surface area contributed by atoms with E-state index in [1.54, 1.807) is 0 Å². The van der Waals surface area contributed by atoms with Crippen LogP contribution < -0.4 is 0 Å². The molecule has 12 heteroatoms. The van der Waals surface area contributed by atoms with Crippen LogP contribution in [-0.4, -0.2) is 69.4 Å². The molecule has 0 saturated heterocycles. The molecule has 0 heterocycles. The van der Waals surface area contributed by atoms with E-state index in [1.165, 1.54) is 173 Å². The van der Waals surface area contributed by atoms with Crippen molar-refractivity contribution in [1.82, 2.24) is 0 Å². The van der Waals surface area contributed by atoms with E-state index in [1.807, 2.05) is 166 Å². The van der Waals surface area contributed by atoms with Crippen molar-refractivity contribution in [3.8, 4) is 0 Å². The molecular weight excluding hydrogens is 1390 g/mol. The number of rotatable bonds is 22. The lowest BCUT2D eigenvalue weighted by Crippen LogP contribution is -2.49. The molecule has 2 bridgehead atoms. The second-order valence-electron chi connectivity index (χ2n) is 40.9. The van der Waals surface area contributed by atoms with E-state index >= 15 is 0 Å². The predicted molar refractivity (Wildman–Crippen MR) is 475 cm³/mol. The monoisotopic (exact) mass is 1590 g/mol. The minimum Gasteiger partial charge on any atom is -0.459 e. The zero-order valence-corrected chi connectivity index (χ0v) is 81.7. The smallest absolute Gasteiger partial charge is 0.312 e. The Morgan fingerprint density at radius 3 is 0.750 bits per heavy atom. The topological polar surface area (TPSA) is 158 Å². The third-order valence-corrected chi connectivity index (χ3v) is 29.5. The summed E-state index contributed by atoms with van der Waals surface area (Å²) >= 11 is 0. The van der Waals surface area contributed by atoms with Crippen molar-refractivity contribution in [3.63, 3.8) is 0 Å². The molecule has 0 N–H and O–H groups in total. The Hall–Kier alpha value is -3.18. The molecule has 8 aliphatic carbocycles. The molecule has 112 heavy (non-hydrogen) atoms. The van der Waals surface area contributed by atoms with Crippen molar-refractivity contribution in [2.45, 2.75) is 534 Å².